The Morgan fingerprint density at radius 3 is 2.21 bits per heavy atom. The zero-order valence-corrected chi connectivity index (χ0v) is 18.9. The summed E-state index contributed by atoms with van der Waals surface area (Å²) in [6, 6.07) is 18.5. The third kappa shape index (κ3) is 4.69. The first-order chi connectivity index (χ1) is 16.1. The molecule has 0 aliphatic carbocycles. The average molecular weight is 500 g/mol. The van der Waals surface area contributed by atoms with E-state index in [9.17, 15) is 26.5 Å². The van der Waals surface area contributed by atoms with Crippen LogP contribution in [0.5, 0.6) is 11.5 Å². The molecule has 0 unspecified atom stereocenters. The number of hydrogen-bond acceptors (Lipinski definition) is 9. The molecule has 174 valence electrons. The monoisotopic (exact) mass is 499 g/mol. The van der Waals surface area contributed by atoms with Crippen molar-refractivity contribution in [2.45, 2.75) is 9.79 Å². The van der Waals surface area contributed by atoms with Crippen LogP contribution in [0.2, 0.25) is 0 Å². The molecule has 0 aromatic heterocycles. The van der Waals surface area contributed by atoms with Gasteiger partial charge in [0.1, 0.15) is 27.8 Å². The van der Waals surface area contributed by atoms with Crippen molar-refractivity contribution in [1.82, 2.24) is 0 Å². The van der Waals surface area contributed by atoms with E-state index in [1.54, 1.807) is 24.3 Å². The van der Waals surface area contributed by atoms with E-state index in [-0.39, 0.29) is 38.5 Å². The maximum Gasteiger partial charge on any atom is 0.341 e. The van der Waals surface area contributed by atoms with Crippen molar-refractivity contribution in [2.75, 3.05) is 5.73 Å². The van der Waals surface area contributed by atoms with E-state index in [2.05, 4.69) is 10.2 Å². The largest absolute Gasteiger partial charge is 0.507 e. The summed E-state index contributed by atoms with van der Waals surface area (Å²) in [6.07, 6.45) is 0. The fraction of sp³-hybridized carbons (Fsp3) is 0. The summed E-state index contributed by atoms with van der Waals surface area (Å²) in [5, 5.41) is 18.8. The quantitative estimate of drug-likeness (QED) is 0.150. The minimum absolute atomic E-state index is 0.0203. The van der Waals surface area contributed by atoms with Gasteiger partial charge in [0.15, 0.2) is 0 Å². The van der Waals surface area contributed by atoms with E-state index in [0.717, 1.165) is 12.1 Å². The molecule has 0 spiro atoms. The van der Waals surface area contributed by atoms with Gasteiger partial charge in [-0.05, 0) is 41.8 Å². The van der Waals surface area contributed by atoms with Crippen LogP contribution in [-0.2, 0) is 20.2 Å². The van der Waals surface area contributed by atoms with Crippen LogP contribution in [0.15, 0.2) is 98.9 Å². The normalized spacial score (nSPS) is 12.3. The number of anilines is 1. The number of nitrogen functional groups attached to an aromatic ring is 1. The third-order valence-corrected chi connectivity index (χ3v) is 6.84. The molecular formula is C22H17N3O7S2. The molecule has 12 heteroatoms. The van der Waals surface area contributed by atoms with E-state index in [0.29, 0.717) is 0 Å². The van der Waals surface area contributed by atoms with Crippen LogP contribution >= 0.6 is 0 Å². The van der Waals surface area contributed by atoms with Gasteiger partial charge in [-0.1, -0.05) is 36.4 Å². The molecule has 0 saturated carbocycles. The van der Waals surface area contributed by atoms with Crippen LogP contribution in [0.3, 0.4) is 0 Å². The number of nitrogens with zero attached hydrogens (tertiary/aromatic N) is 2. The molecule has 0 fully saturated rings. The van der Waals surface area contributed by atoms with Gasteiger partial charge in [0, 0.05) is 6.07 Å². The first-order valence-electron chi connectivity index (χ1n) is 9.59. The molecular weight excluding hydrogens is 482 g/mol. The second-order valence-electron chi connectivity index (χ2n) is 7.04. The first-order valence-corrected chi connectivity index (χ1v) is 12.4. The number of aromatic hydroxyl groups is 1. The van der Waals surface area contributed by atoms with Crippen LogP contribution in [0.25, 0.3) is 10.8 Å². The number of benzene rings is 4. The molecule has 0 heterocycles. The molecule has 0 saturated heterocycles. The predicted molar refractivity (Wildman–Crippen MR) is 125 cm³/mol. The van der Waals surface area contributed by atoms with Crippen LogP contribution in [0.1, 0.15) is 0 Å². The Kier molecular flexibility index (Phi) is 5.96. The van der Waals surface area contributed by atoms with Gasteiger partial charge in [0.05, 0.1) is 16.0 Å². The summed E-state index contributed by atoms with van der Waals surface area (Å²) in [5.41, 5.74) is 6.01. The van der Waals surface area contributed by atoms with Gasteiger partial charge in [0.25, 0.3) is 10.1 Å². The summed E-state index contributed by atoms with van der Waals surface area (Å²) < 4.78 is 63.0. The Bertz CT molecular complexity index is 1640. The van der Waals surface area contributed by atoms with Crippen molar-refractivity contribution >= 4 is 48.1 Å². The second-order valence-corrected chi connectivity index (χ2v) is 9.97. The Morgan fingerprint density at radius 2 is 1.50 bits per heavy atom. The van der Waals surface area contributed by atoms with Gasteiger partial charge in [-0.3, -0.25) is 4.55 Å². The van der Waals surface area contributed by atoms with E-state index < -0.39 is 30.9 Å². The van der Waals surface area contributed by atoms with Crippen LogP contribution in [0, 0.1) is 0 Å². The fourth-order valence-electron chi connectivity index (χ4n) is 3.17. The molecule has 0 amide bonds. The zero-order chi connectivity index (χ0) is 24.5. The number of para-hydroxylation sites is 1. The molecule has 4 aromatic carbocycles. The standard InChI is InChI=1S/C22H17N3O7S2/c23-17-11-10-14-12-16(33(27,28)29)13-19(26)21(14)22(17)25-24-18-8-4-5-9-20(18)34(30,31)32-15-6-2-1-3-7-15/h1-13,26H,23H2,(H,27,28,29). The van der Waals surface area contributed by atoms with E-state index in [1.165, 1.54) is 42.5 Å². The van der Waals surface area contributed by atoms with Crippen LogP contribution < -0.4 is 9.92 Å². The Morgan fingerprint density at radius 1 is 0.824 bits per heavy atom. The topological polar surface area (TPSA) is 169 Å². The molecule has 4 aromatic rings. The molecule has 0 atom stereocenters. The number of phenolic OH excluding ortho intramolecular Hbond substituents is 1. The number of fused-ring (bicyclic) bond motifs is 1. The van der Waals surface area contributed by atoms with Gasteiger partial charge in [0.2, 0.25) is 0 Å². The van der Waals surface area contributed by atoms with Gasteiger partial charge >= 0.3 is 10.1 Å². The van der Waals surface area contributed by atoms with Crippen molar-refractivity contribution < 1.29 is 30.7 Å². The highest BCUT2D eigenvalue weighted by Crippen LogP contribution is 2.40. The van der Waals surface area contributed by atoms with E-state index >= 15 is 0 Å². The van der Waals surface area contributed by atoms with Crippen molar-refractivity contribution in [3.8, 4) is 11.5 Å². The SMILES string of the molecule is Nc1ccc2cc(S(=O)(=O)O)cc(O)c2c1N=Nc1ccccc1S(=O)(=O)Oc1ccccc1. The van der Waals surface area contributed by atoms with Gasteiger partial charge < -0.3 is 15.0 Å². The minimum Gasteiger partial charge on any atom is -0.507 e. The Balaban J connectivity index is 1.80. The Hall–Kier alpha value is -4.00. The highest BCUT2D eigenvalue weighted by Gasteiger charge is 2.21. The van der Waals surface area contributed by atoms with Crippen molar-refractivity contribution in [1.29, 1.82) is 0 Å². The lowest BCUT2D eigenvalue weighted by Crippen LogP contribution is -2.09. The number of nitrogens with two attached hydrogens (primary N) is 1. The number of azo groups is 1. The lowest BCUT2D eigenvalue weighted by molar-refractivity contribution is 0.471. The smallest absolute Gasteiger partial charge is 0.341 e. The lowest BCUT2D eigenvalue weighted by Gasteiger charge is -2.10. The maximum absolute atomic E-state index is 12.8. The van der Waals surface area contributed by atoms with Crippen molar-refractivity contribution in [2.24, 2.45) is 10.2 Å². The fourth-order valence-corrected chi connectivity index (χ4v) is 4.77. The molecule has 0 aliphatic rings. The summed E-state index contributed by atoms with van der Waals surface area (Å²) in [4.78, 5) is -0.765. The lowest BCUT2D eigenvalue weighted by atomic mass is 10.1. The second kappa shape index (κ2) is 8.74. The molecule has 4 N–H and O–H groups in total. The first kappa shape index (κ1) is 23.2. The summed E-state index contributed by atoms with van der Waals surface area (Å²) >= 11 is 0. The molecule has 4 rings (SSSR count). The van der Waals surface area contributed by atoms with Crippen molar-refractivity contribution in [3.05, 3.63) is 78.9 Å². The van der Waals surface area contributed by atoms with E-state index in [4.69, 9.17) is 9.92 Å². The summed E-state index contributed by atoms with van der Waals surface area (Å²) in [5.74, 6) is -0.396. The number of rotatable bonds is 6. The molecule has 34 heavy (non-hydrogen) atoms. The number of hydrogen-bond donors (Lipinski definition) is 3. The summed E-state index contributed by atoms with van der Waals surface area (Å²) in [6.45, 7) is 0. The maximum atomic E-state index is 12.8. The predicted octanol–water partition coefficient (Wildman–Crippen LogP) is 4.56. The molecule has 0 aliphatic heterocycles. The van der Waals surface area contributed by atoms with Gasteiger partial charge in [-0.15, -0.1) is 10.2 Å². The highest BCUT2D eigenvalue weighted by atomic mass is 32.2. The van der Waals surface area contributed by atoms with Crippen LogP contribution in [-0.4, -0.2) is 26.5 Å². The Labute approximate surface area is 194 Å². The third-order valence-electron chi connectivity index (χ3n) is 4.71. The average Bonchev–Trinajstić information content (AvgIpc) is 2.78. The molecule has 0 radical (unpaired) electrons. The minimum atomic E-state index is -4.57. The summed E-state index contributed by atoms with van der Waals surface area (Å²) in [7, 11) is -8.83. The van der Waals surface area contributed by atoms with Gasteiger partial charge in [-0.25, -0.2) is 0 Å². The van der Waals surface area contributed by atoms with Crippen molar-refractivity contribution in [3.63, 3.8) is 0 Å². The zero-order valence-electron chi connectivity index (χ0n) is 17.2. The number of phenols is 1. The van der Waals surface area contributed by atoms with E-state index in [1.807, 2.05) is 0 Å². The van der Waals surface area contributed by atoms with Gasteiger partial charge in [-0.2, -0.15) is 16.8 Å². The molecule has 0 bridgehead atoms. The van der Waals surface area contributed by atoms with Crippen LogP contribution in [0.4, 0.5) is 17.1 Å². The highest BCUT2D eigenvalue weighted by molar-refractivity contribution is 7.87. The molecule has 10 nitrogen and oxygen atoms in total.